The first-order valence-electron chi connectivity index (χ1n) is 8.96. The molecule has 1 aliphatic rings. The van der Waals surface area contributed by atoms with E-state index in [1.165, 1.54) is 5.69 Å². The lowest BCUT2D eigenvalue weighted by atomic mass is 10.1. The summed E-state index contributed by atoms with van der Waals surface area (Å²) in [5.41, 5.74) is 8.45. The van der Waals surface area contributed by atoms with Crippen molar-refractivity contribution in [3.8, 4) is 0 Å². The number of benzene rings is 2. The first kappa shape index (κ1) is 21.5. The van der Waals surface area contributed by atoms with Crippen LogP contribution < -0.4 is 16.0 Å². The van der Waals surface area contributed by atoms with Crippen molar-refractivity contribution in [1.29, 1.82) is 0 Å². The Morgan fingerprint density at radius 2 is 1.78 bits per heavy atom. The molecule has 0 spiro atoms. The van der Waals surface area contributed by atoms with Gasteiger partial charge in [-0.2, -0.15) is 0 Å². The van der Waals surface area contributed by atoms with Crippen LogP contribution in [0.15, 0.2) is 48.5 Å². The number of hydrogen-bond donors (Lipinski definition) is 2. The minimum atomic E-state index is -0.0360. The Hall–Kier alpha value is -1.79. The zero-order valence-electron chi connectivity index (χ0n) is 15.2. The van der Waals surface area contributed by atoms with Crippen LogP contribution in [0.1, 0.15) is 15.9 Å². The van der Waals surface area contributed by atoms with Gasteiger partial charge in [-0.05, 0) is 35.9 Å². The first-order valence-corrected chi connectivity index (χ1v) is 9.33. The number of carbonyl (C=O) groups excluding carboxylic acids is 1. The minimum absolute atomic E-state index is 0. The molecule has 0 aliphatic carbocycles. The maximum absolute atomic E-state index is 12.2. The summed E-state index contributed by atoms with van der Waals surface area (Å²) in [4.78, 5) is 16.9. The van der Waals surface area contributed by atoms with Crippen molar-refractivity contribution in [3.05, 3.63) is 64.7 Å². The number of carbonyl (C=O) groups is 1. The molecule has 2 aromatic rings. The smallest absolute Gasteiger partial charge is 0.251 e. The van der Waals surface area contributed by atoms with E-state index in [-0.39, 0.29) is 18.3 Å². The Kier molecular flexibility index (Phi) is 8.38. The average molecular weight is 409 g/mol. The fourth-order valence-electron chi connectivity index (χ4n) is 3.12. The second-order valence-corrected chi connectivity index (χ2v) is 6.90. The molecule has 0 bridgehead atoms. The lowest BCUT2D eigenvalue weighted by molar-refractivity contribution is 0.0948. The number of rotatable bonds is 6. The van der Waals surface area contributed by atoms with Gasteiger partial charge in [-0.15, -0.1) is 12.4 Å². The van der Waals surface area contributed by atoms with E-state index in [4.69, 9.17) is 17.3 Å². The Morgan fingerprint density at radius 3 is 2.41 bits per heavy atom. The molecule has 1 aliphatic heterocycles. The van der Waals surface area contributed by atoms with Crippen LogP contribution in [0.3, 0.4) is 0 Å². The number of nitrogens with two attached hydrogens (primary N) is 1. The molecule has 0 radical (unpaired) electrons. The van der Waals surface area contributed by atoms with E-state index in [9.17, 15) is 4.79 Å². The monoisotopic (exact) mass is 408 g/mol. The second kappa shape index (κ2) is 10.5. The molecule has 2 aromatic carbocycles. The van der Waals surface area contributed by atoms with Gasteiger partial charge in [0, 0.05) is 62.1 Å². The third-order valence-electron chi connectivity index (χ3n) is 4.71. The highest BCUT2D eigenvalue weighted by atomic mass is 35.5. The SMILES string of the molecule is Cl.NCc1ccc(C(=O)NCCN2CCN(c3cccc(Cl)c3)CC2)cc1. The molecule has 3 rings (SSSR count). The average Bonchev–Trinajstić information content (AvgIpc) is 2.68. The van der Waals surface area contributed by atoms with Gasteiger partial charge in [0.15, 0.2) is 0 Å². The van der Waals surface area contributed by atoms with Crippen LogP contribution in [0.2, 0.25) is 5.02 Å². The van der Waals surface area contributed by atoms with E-state index < -0.39 is 0 Å². The van der Waals surface area contributed by atoms with Gasteiger partial charge in [-0.25, -0.2) is 0 Å². The predicted octanol–water partition coefficient (Wildman–Crippen LogP) is 2.77. The molecule has 0 aromatic heterocycles. The number of anilines is 1. The van der Waals surface area contributed by atoms with Crippen molar-refractivity contribution < 1.29 is 4.79 Å². The summed E-state index contributed by atoms with van der Waals surface area (Å²) < 4.78 is 0. The summed E-state index contributed by atoms with van der Waals surface area (Å²) in [6.07, 6.45) is 0. The molecule has 146 valence electrons. The number of hydrogen-bond acceptors (Lipinski definition) is 4. The molecule has 3 N–H and O–H groups in total. The largest absolute Gasteiger partial charge is 0.369 e. The van der Waals surface area contributed by atoms with Crippen molar-refractivity contribution in [2.75, 3.05) is 44.2 Å². The van der Waals surface area contributed by atoms with E-state index in [2.05, 4.69) is 21.2 Å². The number of amides is 1. The second-order valence-electron chi connectivity index (χ2n) is 6.47. The summed E-state index contributed by atoms with van der Waals surface area (Å²) in [5.74, 6) is -0.0360. The van der Waals surface area contributed by atoms with E-state index in [0.29, 0.717) is 18.7 Å². The highest BCUT2D eigenvalue weighted by molar-refractivity contribution is 6.30. The molecule has 0 unspecified atom stereocenters. The van der Waals surface area contributed by atoms with Gasteiger partial charge in [0.2, 0.25) is 0 Å². The maximum atomic E-state index is 12.2. The minimum Gasteiger partial charge on any atom is -0.369 e. The molecule has 0 atom stereocenters. The van der Waals surface area contributed by atoms with E-state index in [1.54, 1.807) is 0 Å². The van der Waals surface area contributed by atoms with Crippen molar-refractivity contribution in [2.24, 2.45) is 5.73 Å². The van der Waals surface area contributed by atoms with Crippen LogP contribution in [0.5, 0.6) is 0 Å². The lowest BCUT2D eigenvalue weighted by Crippen LogP contribution is -2.48. The number of nitrogens with zero attached hydrogens (tertiary/aromatic N) is 2. The predicted molar refractivity (Wildman–Crippen MR) is 114 cm³/mol. The van der Waals surface area contributed by atoms with Gasteiger partial charge in [0.1, 0.15) is 0 Å². The third kappa shape index (κ3) is 6.11. The maximum Gasteiger partial charge on any atom is 0.251 e. The molecular weight excluding hydrogens is 383 g/mol. The van der Waals surface area contributed by atoms with Crippen LogP contribution in [-0.2, 0) is 6.54 Å². The van der Waals surface area contributed by atoms with Gasteiger partial charge in [0.25, 0.3) is 5.91 Å². The van der Waals surface area contributed by atoms with Crippen LogP contribution in [0.4, 0.5) is 5.69 Å². The fourth-order valence-corrected chi connectivity index (χ4v) is 3.31. The Bertz CT molecular complexity index is 731. The quantitative estimate of drug-likeness (QED) is 0.771. The molecule has 5 nitrogen and oxygen atoms in total. The van der Waals surface area contributed by atoms with E-state index in [1.807, 2.05) is 42.5 Å². The van der Waals surface area contributed by atoms with Crippen molar-refractivity contribution >= 4 is 35.6 Å². The topological polar surface area (TPSA) is 61.6 Å². The summed E-state index contributed by atoms with van der Waals surface area (Å²) in [6, 6.07) is 15.4. The molecule has 27 heavy (non-hydrogen) atoms. The van der Waals surface area contributed by atoms with Crippen LogP contribution in [0.25, 0.3) is 0 Å². The normalized spacial score (nSPS) is 14.5. The molecule has 1 saturated heterocycles. The molecule has 1 heterocycles. The van der Waals surface area contributed by atoms with Crippen LogP contribution in [-0.4, -0.2) is 50.1 Å². The summed E-state index contributed by atoms with van der Waals surface area (Å²) in [5, 5.41) is 3.76. The molecular formula is C20H26Cl2N4O. The number of nitrogens with one attached hydrogen (secondary N) is 1. The Balaban J connectivity index is 0.00000261. The molecule has 1 fully saturated rings. The van der Waals surface area contributed by atoms with Crippen molar-refractivity contribution in [2.45, 2.75) is 6.54 Å². The summed E-state index contributed by atoms with van der Waals surface area (Å²) in [6.45, 7) is 5.89. The highest BCUT2D eigenvalue weighted by Crippen LogP contribution is 2.20. The zero-order chi connectivity index (χ0) is 18.4. The zero-order valence-corrected chi connectivity index (χ0v) is 16.8. The molecule has 0 saturated carbocycles. The van der Waals surface area contributed by atoms with E-state index in [0.717, 1.165) is 43.3 Å². The van der Waals surface area contributed by atoms with Crippen LogP contribution >= 0.6 is 24.0 Å². The third-order valence-corrected chi connectivity index (χ3v) is 4.95. The van der Waals surface area contributed by atoms with Crippen molar-refractivity contribution in [3.63, 3.8) is 0 Å². The van der Waals surface area contributed by atoms with Crippen LogP contribution in [0, 0.1) is 0 Å². The lowest BCUT2D eigenvalue weighted by Gasteiger charge is -2.36. The highest BCUT2D eigenvalue weighted by Gasteiger charge is 2.17. The Labute approximate surface area is 171 Å². The van der Waals surface area contributed by atoms with E-state index >= 15 is 0 Å². The fraction of sp³-hybridized carbons (Fsp3) is 0.350. The molecule has 1 amide bonds. The van der Waals surface area contributed by atoms with Gasteiger partial charge < -0.3 is 16.0 Å². The Morgan fingerprint density at radius 1 is 1.07 bits per heavy atom. The van der Waals surface area contributed by atoms with Gasteiger partial charge in [0.05, 0.1) is 0 Å². The van der Waals surface area contributed by atoms with Gasteiger partial charge in [-0.3, -0.25) is 9.69 Å². The van der Waals surface area contributed by atoms with Gasteiger partial charge >= 0.3 is 0 Å². The summed E-state index contributed by atoms with van der Waals surface area (Å²) in [7, 11) is 0. The van der Waals surface area contributed by atoms with Crippen molar-refractivity contribution in [1.82, 2.24) is 10.2 Å². The first-order chi connectivity index (χ1) is 12.7. The number of piperazine rings is 1. The standard InChI is InChI=1S/C20H25ClN4O.ClH/c21-18-2-1-3-19(14-18)25-12-10-24(11-13-25)9-8-23-20(26)17-6-4-16(15-22)5-7-17;/h1-7,14H,8-13,15,22H2,(H,23,26);1H. The summed E-state index contributed by atoms with van der Waals surface area (Å²) >= 11 is 6.07. The number of halogens is 2. The van der Waals surface area contributed by atoms with Gasteiger partial charge in [-0.1, -0.05) is 29.8 Å². The molecule has 7 heteroatoms.